The minimum absolute atomic E-state index is 0.0277. The van der Waals surface area contributed by atoms with Gasteiger partial charge in [-0.15, -0.1) is 0 Å². The Hall–Kier alpha value is -2.40. The van der Waals surface area contributed by atoms with Gasteiger partial charge in [-0.3, -0.25) is 0 Å². The van der Waals surface area contributed by atoms with Crippen LogP contribution in [0.15, 0.2) is 84.9 Å². The second-order valence-corrected chi connectivity index (χ2v) is 15.4. The Bertz CT molecular complexity index is 974. The summed E-state index contributed by atoms with van der Waals surface area (Å²) in [5.41, 5.74) is 1.39. The van der Waals surface area contributed by atoms with Crippen molar-refractivity contribution >= 4 is 18.7 Å². The summed E-state index contributed by atoms with van der Waals surface area (Å²) in [7, 11) is -2.51. The fraction of sp³-hybridized carbons (Fsp3) is 0.471. The van der Waals surface area contributed by atoms with Crippen molar-refractivity contribution in [2.24, 2.45) is 0 Å². The third-order valence-corrected chi connectivity index (χ3v) is 12.2. The quantitative estimate of drug-likeness (QED) is 0.133. The molecule has 0 fully saturated rings. The first-order chi connectivity index (χ1) is 18.5. The van der Waals surface area contributed by atoms with Gasteiger partial charge in [-0.05, 0) is 45.9 Å². The van der Waals surface area contributed by atoms with Gasteiger partial charge in [-0.2, -0.15) is 0 Å². The van der Waals surface area contributed by atoms with Gasteiger partial charge in [0.15, 0.2) is 0 Å². The highest BCUT2D eigenvalue weighted by Crippen LogP contribution is 2.36. The molecular weight excluding hydrogens is 484 g/mol. The molecule has 0 N–H and O–H groups in total. The van der Waals surface area contributed by atoms with E-state index in [1.54, 1.807) is 0 Å². The van der Waals surface area contributed by atoms with Gasteiger partial charge >= 0.3 is 0 Å². The van der Waals surface area contributed by atoms with E-state index >= 15 is 0 Å². The maximum atomic E-state index is 6.88. The topological polar surface area (TPSA) is 27.7 Å². The average Bonchev–Trinajstić information content (AvgIpc) is 2.93. The molecule has 38 heavy (non-hydrogen) atoms. The lowest BCUT2D eigenvalue weighted by Gasteiger charge is -2.43. The van der Waals surface area contributed by atoms with Crippen LogP contribution >= 0.6 is 0 Å². The van der Waals surface area contributed by atoms with Crippen molar-refractivity contribution in [3.63, 3.8) is 0 Å². The second kappa shape index (κ2) is 15.9. The lowest BCUT2D eigenvalue weighted by Crippen LogP contribution is -2.66. The van der Waals surface area contributed by atoms with E-state index in [2.05, 4.69) is 113 Å². The Morgan fingerprint density at radius 1 is 0.605 bits per heavy atom. The number of ether oxygens (including phenoxy) is 2. The molecule has 0 bridgehead atoms. The normalized spacial score (nSPS) is 12.0. The summed E-state index contributed by atoms with van der Waals surface area (Å²) in [5.74, 6) is 0.906. The molecule has 0 saturated heterocycles. The van der Waals surface area contributed by atoms with Crippen LogP contribution in [0.1, 0.15) is 71.8 Å². The maximum absolute atomic E-state index is 6.88. The smallest absolute Gasteiger partial charge is 0.261 e. The molecule has 0 aliphatic rings. The number of unbranched alkanes of at least 4 members (excludes halogenated alkanes) is 5. The van der Waals surface area contributed by atoms with E-state index in [0.29, 0.717) is 26.4 Å². The molecule has 3 aromatic carbocycles. The molecule has 0 atom stereocenters. The highest BCUT2D eigenvalue weighted by molar-refractivity contribution is 6.99. The third kappa shape index (κ3) is 8.83. The number of benzene rings is 3. The minimum Gasteiger partial charge on any atom is -0.491 e. The molecule has 3 nitrogen and oxygen atoms in total. The molecule has 0 saturated carbocycles. The fourth-order valence-electron chi connectivity index (χ4n) is 5.20. The number of hydrogen-bond acceptors (Lipinski definition) is 3. The van der Waals surface area contributed by atoms with E-state index in [0.717, 1.165) is 12.2 Å². The van der Waals surface area contributed by atoms with E-state index in [9.17, 15) is 0 Å². The lowest BCUT2D eigenvalue weighted by atomic mass is 10.0. The van der Waals surface area contributed by atoms with Crippen LogP contribution in [0.2, 0.25) is 5.04 Å². The van der Waals surface area contributed by atoms with Crippen molar-refractivity contribution in [1.29, 1.82) is 0 Å². The van der Waals surface area contributed by atoms with Crippen LogP contribution in [0.5, 0.6) is 5.75 Å². The summed E-state index contributed by atoms with van der Waals surface area (Å²) in [6.07, 6.45) is 9.16. The van der Waals surface area contributed by atoms with Gasteiger partial charge in [0.05, 0.1) is 19.8 Å². The van der Waals surface area contributed by atoms with Crippen molar-refractivity contribution in [2.75, 3.05) is 26.4 Å². The molecular formula is C34H48O3Si. The van der Waals surface area contributed by atoms with E-state index < -0.39 is 8.32 Å². The summed E-state index contributed by atoms with van der Waals surface area (Å²) in [6.45, 7) is 11.3. The average molecular weight is 533 g/mol. The van der Waals surface area contributed by atoms with Gasteiger partial charge in [-0.1, -0.05) is 133 Å². The zero-order chi connectivity index (χ0) is 27.1. The number of hydrogen-bond donors (Lipinski definition) is 0. The molecule has 0 radical (unpaired) electrons. The maximum Gasteiger partial charge on any atom is 0.261 e. The minimum atomic E-state index is -2.51. The molecule has 3 aromatic rings. The van der Waals surface area contributed by atoms with E-state index in [1.807, 2.05) is 0 Å². The molecule has 0 amide bonds. The van der Waals surface area contributed by atoms with Crippen LogP contribution in [0.4, 0.5) is 0 Å². The molecule has 3 rings (SSSR count). The molecule has 4 heteroatoms. The molecule has 0 heterocycles. The van der Waals surface area contributed by atoms with Crippen LogP contribution in [-0.2, 0) is 15.6 Å². The SMILES string of the molecule is CCCCCCCCc1ccc(OCCOCCO[Si](c2ccccc2)(c2ccccc2)C(C)(C)C)cc1. The van der Waals surface area contributed by atoms with Gasteiger partial charge in [0, 0.05) is 0 Å². The standard InChI is InChI=1S/C34H48O3Si/c1-5-6-7-8-9-12-17-30-22-24-31(25-23-30)36-28-26-35-27-29-37-38(34(2,3)4,32-18-13-10-14-19-32)33-20-15-11-16-21-33/h10-11,13-16,18-25H,5-9,12,17,26-29H2,1-4H3. The highest BCUT2D eigenvalue weighted by atomic mass is 28.4. The van der Waals surface area contributed by atoms with Crippen molar-refractivity contribution in [1.82, 2.24) is 0 Å². The van der Waals surface area contributed by atoms with Gasteiger partial charge in [0.25, 0.3) is 8.32 Å². The summed E-state index contributed by atoms with van der Waals surface area (Å²) in [4.78, 5) is 0. The van der Waals surface area contributed by atoms with Crippen molar-refractivity contribution in [2.45, 2.75) is 77.7 Å². The first-order valence-electron chi connectivity index (χ1n) is 14.5. The Morgan fingerprint density at radius 2 is 1.16 bits per heavy atom. The highest BCUT2D eigenvalue weighted by Gasteiger charge is 2.49. The van der Waals surface area contributed by atoms with Gasteiger partial charge in [0.1, 0.15) is 12.4 Å². The molecule has 0 unspecified atom stereocenters. The predicted octanol–water partition coefficient (Wildman–Crippen LogP) is 7.56. The van der Waals surface area contributed by atoms with E-state index in [4.69, 9.17) is 13.9 Å². The van der Waals surface area contributed by atoms with E-state index in [1.165, 1.54) is 54.5 Å². The van der Waals surface area contributed by atoms with Crippen molar-refractivity contribution in [3.05, 3.63) is 90.5 Å². The lowest BCUT2D eigenvalue weighted by molar-refractivity contribution is 0.0741. The monoisotopic (exact) mass is 532 g/mol. The summed E-state index contributed by atoms with van der Waals surface area (Å²) in [5, 5.41) is 2.56. The second-order valence-electron chi connectivity index (χ2n) is 11.1. The predicted molar refractivity (Wildman–Crippen MR) is 163 cm³/mol. The van der Waals surface area contributed by atoms with Crippen LogP contribution in [0.3, 0.4) is 0 Å². The van der Waals surface area contributed by atoms with Crippen LogP contribution < -0.4 is 15.1 Å². The van der Waals surface area contributed by atoms with Crippen LogP contribution in [0.25, 0.3) is 0 Å². The Labute approximate surface area is 232 Å². The fourth-order valence-corrected chi connectivity index (χ4v) is 9.74. The zero-order valence-electron chi connectivity index (χ0n) is 24.1. The Kier molecular flexibility index (Phi) is 12.6. The summed E-state index contributed by atoms with van der Waals surface area (Å²) >= 11 is 0. The Morgan fingerprint density at radius 3 is 1.74 bits per heavy atom. The van der Waals surface area contributed by atoms with Gasteiger partial charge in [0.2, 0.25) is 0 Å². The number of rotatable bonds is 17. The van der Waals surface area contributed by atoms with Gasteiger partial charge in [-0.25, -0.2) is 0 Å². The van der Waals surface area contributed by atoms with Crippen molar-refractivity contribution in [3.8, 4) is 5.75 Å². The van der Waals surface area contributed by atoms with Gasteiger partial charge < -0.3 is 13.9 Å². The first kappa shape index (κ1) is 30.1. The summed E-state index contributed by atoms with van der Waals surface area (Å²) < 4.78 is 18.7. The van der Waals surface area contributed by atoms with Crippen LogP contribution in [0, 0.1) is 0 Å². The zero-order valence-corrected chi connectivity index (χ0v) is 25.1. The molecule has 0 aromatic heterocycles. The van der Waals surface area contributed by atoms with E-state index in [-0.39, 0.29) is 5.04 Å². The molecule has 0 spiro atoms. The Balaban J connectivity index is 1.43. The third-order valence-electron chi connectivity index (χ3n) is 7.20. The molecule has 0 aliphatic carbocycles. The van der Waals surface area contributed by atoms with Crippen LogP contribution in [-0.4, -0.2) is 34.7 Å². The van der Waals surface area contributed by atoms with Crippen molar-refractivity contribution < 1.29 is 13.9 Å². The molecule has 206 valence electrons. The first-order valence-corrected chi connectivity index (χ1v) is 16.4. The largest absolute Gasteiger partial charge is 0.491 e. The molecule has 0 aliphatic heterocycles. The summed E-state index contributed by atoms with van der Waals surface area (Å²) in [6, 6.07) is 30.0. The number of aryl methyl sites for hydroxylation is 1.